The van der Waals surface area contributed by atoms with E-state index in [1.165, 1.54) is 10.9 Å². The molecule has 0 saturated heterocycles. The summed E-state index contributed by atoms with van der Waals surface area (Å²) in [4.78, 5) is 24.5. The summed E-state index contributed by atoms with van der Waals surface area (Å²) in [6, 6.07) is 7.19. The summed E-state index contributed by atoms with van der Waals surface area (Å²) in [5.74, 6) is -0.113. The van der Waals surface area contributed by atoms with Crippen LogP contribution in [0, 0.1) is 10.1 Å². The molecule has 0 aliphatic carbocycles. The Labute approximate surface area is 120 Å². The van der Waals surface area contributed by atoms with Crippen LogP contribution in [-0.2, 0) is 11.2 Å². The highest BCUT2D eigenvalue weighted by Gasteiger charge is 2.29. The van der Waals surface area contributed by atoms with Gasteiger partial charge in [0.15, 0.2) is 0 Å². The Morgan fingerprint density at radius 3 is 2.90 bits per heavy atom. The van der Waals surface area contributed by atoms with Crippen LogP contribution in [-0.4, -0.2) is 27.2 Å². The third-order valence-electron chi connectivity index (χ3n) is 3.71. The van der Waals surface area contributed by atoms with Crippen molar-refractivity contribution in [2.75, 3.05) is 11.4 Å². The smallest absolute Gasteiger partial charge is 0.307 e. The van der Waals surface area contributed by atoms with E-state index < -0.39 is 11.0 Å². The van der Waals surface area contributed by atoms with Gasteiger partial charge in [-0.2, -0.15) is 5.10 Å². The lowest BCUT2D eigenvalue weighted by atomic mass is 10.2. The van der Waals surface area contributed by atoms with E-state index in [2.05, 4.69) is 5.10 Å². The summed E-state index contributed by atoms with van der Waals surface area (Å²) < 4.78 is 1.33. The van der Waals surface area contributed by atoms with Crippen LogP contribution in [0.15, 0.2) is 36.7 Å². The molecule has 1 aromatic carbocycles. The van der Waals surface area contributed by atoms with Crippen molar-refractivity contribution in [3.05, 3.63) is 52.3 Å². The first-order valence-corrected chi connectivity index (χ1v) is 6.66. The Kier molecular flexibility index (Phi) is 3.17. The van der Waals surface area contributed by atoms with E-state index in [1.807, 2.05) is 24.3 Å². The third-order valence-corrected chi connectivity index (χ3v) is 3.71. The number of carbonyl (C=O) groups excluding carboxylic acids is 1. The van der Waals surface area contributed by atoms with E-state index >= 15 is 0 Å². The molecule has 0 N–H and O–H groups in total. The molecule has 2 aromatic rings. The molecule has 0 fully saturated rings. The molecule has 3 rings (SSSR count). The molecule has 7 nitrogen and oxygen atoms in total. The van der Waals surface area contributed by atoms with Crippen molar-refractivity contribution in [2.24, 2.45) is 0 Å². The van der Waals surface area contributed by atoms with Crippen LogP contribution < -0.4 is 4.90 Å². The quantitative estimate of drug-likeness (QED) is 0.638. The van der Waals surface area contributed by atoms with Crippen molar-refractivity contribution in [3.63, 3.8) is 0 Å². The summed E-state index contributed by atoms with van der Waals surface area (Å²) in [5, 5.41) is 14.6. The number of anilines is 1. The highest BCUT2D eigenvalue weighted by atomic mass is 16.6. The van der Waals surface area contributed by atoms with Gasteiger partial charge in [0.2, 0.25) is 0 Å². The second-order valence-electron chi connectivity index (χ2n) is 4.98. The Morgan fingerprint density at radius 2 is 2.19 bits per heavy atom. The fraction of sp³-hybridized carbons (Fsp3) is 0.286. The fourth-order valence-corrected chi connectivity index (χ4v) is 2.54. The minimum atomic E-state index is -0.579. The maximum atomic E-state index is 12.6. The van der Waals surface area contributed by atoms with Crippen molar-refractivity contribution >= 4 is 17.3 Å². The number of fused-ring (bicyclic) bond motifs is 1. The molecule has 108 valence electrons. The minimum absolute atomic E-state index is 0.113. The zero-order chi connectivity index (χ0) is 15.0. The van der Waals surface area contributed by atoms with Crippen LogP contribution >= 0.6 is 0 Å². The van der Waals surface area contributed by atoms with Gasteiger partial charge in [0.25, 0.3) is 5.91 Å². The van der Waals surface area contributed by atoms with Crippen molar-refractivity contribution < 1.29 is 9.72 Å². The molecule has 0 spiro atoms. The van der Waals surface area contributed by atoms with E-state index in [-0.39, 0.29) is 11.6 Å². The predicted octanol–water partition coefficient (Wildman–Crippen LogP) is 1.94. The van der Waals surface area contributed by atoms with Crippen molar-refractivity contribution in [1.29, 1.82) is 0 Å². The van der Waals surface area contributed by atoms with Crippen LogP contribution in [0.5, 0.6) is 0 Å². The topological polar surface area (TPSA) is 81.3 Å². The Hall–Kier alpha value is -2.70. The fourth-order valence-electron chi connectivity index (χ4n) is 2.54. The van der Waals surface area contributed by atoms with Crippen LogP contribution in [0.2, 0.25) is 0 Å². The van der Waals surface area contributed by atoms with Gasteiger partial charge in [-0.1, -0.05) is 18.2 Å². The van der Waals surface area contributed by atoms with Crippen LogP contribution in [0.1, 0.15) is 18.5 Å². The average molecular weight is 286 g/mol. The summed E-state index contributed by atoms with van der Waals surface area (Å²) in [6.45, 7) is 2.33. The van der Waals surface area contributed by atoms with Crippen LogP contribution in [0.3, 0.4) is 0 Å². The summed E-state index contributed by atoms with van der Waals surface area (Å²) in [6.07, 6.45) is 3.26. The Bertz CT molecular complexity index is 710. The van der Waals surface area contributed by atoms with Crippen molar-refractivity contribution in [1.82, 2.24) is 9.78 Å². The summed E-state index contributed by atoms with van der Waals surface area (Å²) >= 11 is 0. The zero-order valence-electron chi connectivity index (χ0n) is 11.5. The molecule has 1 amide bonds. The first kappa shape index (κ1) is 13.3. The van der Waals surface area contributed by atoms with Gasteiger partial charge in [-0.3, -0.25) is 19.6 Å². The monoisotopic (exact) mass is 286 g/mol. The number of benzene rings is 1. The molecule has 2 heterocycles. The lowest BCUT2D eigenvalue weighted by Gasteiger charge is -2.21. The number of aromatic nitrogens is 2. The van der Waals surface area contributed by atoms with E-state index in [1.54, 1.807) is 11.8 Å². The largest absolute Gasteiger partial charge is 0.310 e. The van der Waals surface area contributed by atoms with E-state index in [0.29, 0.717) is 6.54 Å². The normalized spacial score (nSPS) is 14.8. The van der Waals surface area contributed by atoms with Gasteiger partial charge in [0, 0.05) is 12.2 Å². The third kappa shape index (κ3) is 2.26. The minimum Gasteiger partial charge on any atom is -0.310 e. The van der Waals surface area contributed by atoms with Gasteiger partial charge in [-0.05, 0) is 25.0 Å². The molecule has 1 aliphatic heterocycles. The first-order chi connectivity index (χ1) is 10.1. The Morgan fingerprint density at radius 1 is 1.43 bits per heavy atom. The van der Waals surface area contributed by atoms with Gasteiger partial charge >= 0.3 is 5.69 Å². The second-order valence-corrected chi connectivity index (χ2v) is 4.98. The van der Waals surface area contributed by atoms with Gasteiger partial charge in [0.05, 0.1) is 4.92 Å². The number of amides is 1. The molecule has 1 aromatic heterocycles. The molecule has 1 aliphatic rings. The van der Waals surface area contributed by atoms with E-state index in [0.717, 1.165) is 23.9 Å². The number of para-hydroxylation sites is 1. The predicted molar refractivity (Wildman–Crippen MR) is 76.1 cm³/mol. The van der Waals surface area contributed by atoms with Crippen molar-refractivity contribution in [3.8, 4) is 0 Å². The highest BCUT2D eigenvalue weighted by molar-refractivity contribution is 5.97. The SMILES string of the molecule is C[C@@H](C(=O)N1CCc2ccccc21)n1cc([N+](=O)[O-])cn1. The number of hydrogen-bond donors (Lipinski definition) is 0. The molecule has 21 heavy (non-hydrogen) atoms. The summed E-state index contributed by atoms with van der Waals surface area (Å²) in [7, 11) is 0. The van der Waals surface area contributed by atoms with Gasteiger partial charge < -0.3 is 4.90 Å². The molecule has 1 atom stereocenters. The molecule has 0 saturated carbocycles. The van der Waals surface area contributed by atoms with Gasteiger partial charge in [0.1, 0.15) is 18.4 Å². The zero-order valence-corrected chi connectivity index (χ0v) is 11.5. The number of nitro groups is 1. The molecule has 0 radical (unpaired) electrons. The number of carbonyl (C=O) groups is 1. The van der Waals surface area contributed by atoms with Crippen molar-refractivity contribution in [2.45, 2.75) is 19.4 Å². The molecule has 0 bridgehead atoms. The maximum absolute atomic E-state index is 12.6. The lowest BCUT2D eigenvalue weighted by Crippen LogP contribution is -2.35. The van der Waals surface area contributed by atoms with Gasteiger partial charge in [-0.15, -0.1) is 0 Å². The van der Waals surface area contributed by atoms with Crippen LogP contribution in [0.4, 0.5) is 11.4 Å². The number of hydrogen-bond acceptors (Lipinski definition) is 4. The standard InChI is InChI=1S/C14H14N4O3/c1-10(17-9-12(8-15-17)18(20)21)14(19)16-7-6-11-4-2-3-5-13(11)16/h2-5,8-10H,6-7H2,1H3/t10-/m0/s1. The molecular formula is C14H14N4O3. The van der Waals surface area contributed by atoms with Crippen LogP contribution in [0.25, 0.3) is 0 Å². The van der Waals surface area contributed by atoms with E-state index in [9.17, 15) is 14.9 Å². The van der Waals surface area contributed by atoms with E-state index in [4.69, 9.17) is 0 Å². The Balaban J connectivity index is 1.83. The molecular weight excluding hydrogens is 272 g/mol. The lowest BCUT2D eigenvalue weighted by molar-refractivity contribution is -0.385. The number of rotatable bonds is 3. The molecule has 7 heteroatoms. The highest BCUT2D eigenvalue weighted by Crippen LogP contribution is 2.29. The van der Waals surface area contributed by atoms with Gasteiger partial charge in [-0.25, -0.2) is 0 Å². The maximum Gasteiger partial charge on any atom is 0.307 e. The second kappa shape index (κ2) is 5.01. The summed E-state index contributed by atoms with van der Waals surface area (Å²) in [5.41, 5.74) is 1.94. The number of nitrogens with zero attached hydrogens (tertiary/aromatic N) is 4. The average Bonchev–Trinajstić information content (AvgIpc) is 3.12. The molecule has 0 unspecified atom stereocenters. The first-order valence-electron chi connectivity index (χ1n) is 6.66.